The minimum atomic E-state index is -0.460. The van der Waals surface area contributed by atoms with Crippen LogP contribution in [0.25, 0.3) is 0 Å². The van der Waals surface area contributed by atoms with Gasteiger partial charge in [0.2, 0.25) is 0 Å². The topological polar surface area (TPSA) is 51.2 Å². The zero-order chi connectivity index (χ0) is 14.3. The third-order valence-electron chi connectivity index (χ3n) is 3.47. The molecule has 0 aliphatic carbocycles. The van der Waals surface area contributed by atoms with Gasteiger partial charge in [-0.15, -0.1) is 0 Å². The van der Waals surface area contributed by atoms with Crippen LogP contribution < -0.4 is 0 Å². The number of hydrogen-bond donors (Lipinski definition) is 1. The fraction of sp³-hybridized carbons (Fsp3) is 1.00. The summed E-state index contributed by atoms with van der Waals surface area (Å²) in [6, 6.07) is 0.405. The summed E-state index contributed by atoms with van der Waals surface area (Å²) >= 11 is 0. The average molecular weight is 275 g/mol. The van der Waals surface area contributed by atoms with Crippen molar-refractivity contribution in [3.05, 3.63) is 0 Å². The first-order valence-corrected chi connectivity index (χ1v) is 7.21. The van der Waals surface area contributed by atoms with Gasteiger partial charge in [-0.2, -0.15) is 0 Å². The Hall–Kier alpha value is -0.200. The fourth-order valence-electron chi connectivity index (χ4n) is 2.39. The molecule has 0 spiro atoms. The molecule has 114 valence electrons. The zero-order valence-electron chi connectivity index (χ0n) is 12.7. The maximum absolute atomic E-state index is 10.1. The van der Waals surface area contributed by atoms with Crippen LogP contribution in [0.5, 0.6) is 0 Å². The van der Waals surface area contributed by atoms with Crippen LogP contribution >= 0.6 is 0 Å². The van der Waals surface area contributed by atoms with E-state index in [-0.39, 0.29) is 12.2 Å². The molecule has 0 bridgehead atoms. The van der Waals surface area contributed by atoms with Gasteiger partial charge in [0.05, 0.1) is 38.1 Å². The maximum Gasteiger partial charge on any atom is 0.0900 e. The summed E-state index contributed by atoms with van der Waals surface area (Å²) < 4.78 is 16.2. The van der Waals surface area contributed by atoms with Gasteiger partial charge < -0.3 is 19.3 Å². The predicted octanol–water partition coefficient (Wildman–Crippen LogP) is 0.898. The first-order valence-electron chi connectivity index (χ1n) is 7.21. The lowest BCUT2D eigenvalue weighted by molar-refractivity contribution is -0.0840. The Morgan fingerprint density at radius 2 is 2.16 bits per heavy atom. The molecule has 5 nitrogen and oxygen atoms in total. The maximum atomic E-state index is 10.1. The molecule has 1 aliphatic rings. The molecule has 1 rings (SSSR count). The summed E-state index contributed by atoms with van der Waals surface area (Å²) in [4.78, 5) is 2.31. The Morgan fingerprint density at radius 1 is 1.42 bits per heavy atom. The number of nitrogens with zero attached hydrogens (tertiary/aromatic N) is 1. The van der Waals surface area contributed by atoms with Gasteiger partial charge in [-0.1, -0.05) is 6.92 Å². The SMILES string of the molecule is CCC1COC(C)CN1CC(O)COC(C)COC. The van der Waals surface area contributed by atoms with E-state index < -0.39 is 6.10 Å². The van der Waals surface area contributed by atoms with Crippen LogP contribution in [-0.4, -0.2) is 74.4 Å². The molecule has 1 heterocycles. The summed E-state index contributed by atoms with van der Waals surface area (Å²) in [5, 5.41) is 10.1. The first kappa shape index (κ1) is 16.9. The third-order valence-corrected chi connectivity index (χ3v) is 3.47. The number of morpholine rings is 1. The van der Waals surface area contributed by atoms with Gasteiger partial charge in [-0.25, -0.2) is 0 Å². The second-order valence-corrected chi connectivity index (χ2v) is 5.41. The molecule has 1 saturated heterocycles. The van der Waals surface area contributed by atoms with Crippen molar-refractivity contribution in [2.75, 3.05) is 40.0 Å². The lowest BCUT2D eigenvalue weighted by atomic mass is 10.1. The Kier molecular flexibility index (Phi) is 7.87. The number of rotatable bonds is 8. The third kappa shape index (κ3) is 6.19. The Balaban J connectivity index is 2.30. The van der Waals surface area contributed by atoms with Crippen molar-refractivity contribution in [2.24, 2.45) is 0 Å². The van der Waals surface area contributed by atoms with Gasteiger partial charge in [0.1, 0.15) is 0 Å². The Labute approximate surface area is 116 Å². The molecular weight excluding hydrogens is 246 g/mol. The molecule has 1 N–H and O–H groups in total. The highest BCUT2D eigenvalue weighted by atomic mass is 16.5. The van der Waals surface area contributed by atoms with Gasteiger partial charge in [-0.05, 0) is 20.3 Å². The summed E-state index contributed by atoms with van der Waals surface area (Å²) in [5.74, 6) is 0. The van der Waals surface area contributed by atoms with E-state index in [2.05, 4.69) is 18.7 Å². The largest absolute Gasteiger partial charge is 0.389 e. The van der Waals surface area contributed by atoms with E-state index in [1.165, 1.54) is 0 Å². The summed E-state index contributed by atoms with van der Waals surface area (Å²) in [7, 11) is 1.65. The molecule has 0 aromatic carbocycles. The minimum absolute atomic E-state index is 0.0187. The van der Waals surface area contributed by atoms with Gasteiger partial charge in [-0.3, -0.25) is 4.90 Å². The molecule has 0 aromatic rings. The van der Waals surface area contributed by atoms with Crippen molar-refractivity contribution in [1.82, 2.24) is 4.90 Å². The molecule has 1 fully saturated rings. The summed E-state index contributed by atoms with van der Waals surface area (Å²) in [6.45, 7) is 9.36. The summed E-state index contributed by atoms with van der Waals surface area (Å²) in [5.41, 5.74) is 0. The number of hydrogen-bond acceptors (Lipinski definition) is 5. The van der Waals surface area contributed by atoms with E-state index in [4.69, 9.17) is 14.2 Å². The molecule has 5 heteroatoms. The van der Waals surface area contributed by atoms with Crippen LogP contribution in [-0.2, 0) is 14.2 Å². The smallest absolute Gasteiger partial charge is 0.0900 e. The quantitative estimate of drug-likeness (QED) is 0.713. The monoisotopic (exact) mass is 275 g/mol. The van der Waals surface area contributed by atoms with E-state index in [9.17, 15) is 5.11 Å². The van der Waals surface area contributed by atoms with Crippen LogP contribution in [0.2, 0.25) is 0 Å². The van der Waals surface area contributed by atoms with Gasteiger partial charge in [0.25, 0.3) is 0 Å². The predicted molar refractivity (Wildman–Crippen MR) is 74.4 cm³/mol. The molecular formula is C14H29NO4. The first-order chi connectivity index (χ1) is 9.06. The molecule has 0 amide bonds. The molecule has 1 aliphatic heterocycles. The zero-order valence-corrected chi connectivity index (χ0v) is 12.7. The van der Waals surface area contributed by atoms with Crippen LogP contribution in [0.3, 0.4) is 0 Å². The highest BCUT2D eigenvalue weighted by Crippen LogP contribution is 2.14. The second-order valence-electron chi connectivity index (χ2n) is 5.41. The number of aliphatic hydroxyl groups is 1. The van der Waals surface area contributed by atoms with Gasteiger partial charge in [0, 0.05) is 26.2 Å². The van der Waals surface area contributed by atoms with Gasteiger partial charge >= 0.3 is 0 Å². The number of methoxy groups -OCH3 is 1. The Morgan fingerprint density at radius 3 is 2.79 bits per heavy atom. The average Bonchev–Trinajstić information content (AvgIpc) is 2.37. The van der Waals surface area contributed by atoms with Crippen molar-refractivity contribution in [3.8, 4) is 0 Å². The molecule has 0 saturated carbocycles. The van der Waals surface area contributed by atoms with Crippen LogP contribution in [0, 0.1) is 0 Å². The molecule has 0 aromatic heterocycles. The number of ether oxygens (including phenoxy) is 3. The van der Waals surface area contributed by atoms with E-state index in [0.29, 0.717) is 25.8 Å². The van der Waals surface area contributed by atoms with Crippen molar-refractivity contribution in [2.45, 2.75) is 51.5 Å². The summed E-state index contributed by atoms with van der Waals surface area (Å²) in [6.07, 6.45) is 0.840. The standard InChI is InChI=1S/C14H29NO4/c1-5-13-9-18-11(2)6-15(13)7-14(16)10-19-12(3)8-17-4/h11-14,16H,5-10H2,1-4H3. The lowest BCUT2D eigenvalue weighted by Crippen LogP contribution is -2.51. The van der Waals surface area contributed by atoms with Crippen molar-refractivity contribution in [1.29, 1.82) is 0 Å². The highest BCUT2D eigenvalue weighted by molar-refractivity contribution is 4.79. The van der Waals surface area contributed by atoms with Crippen molar-refractivity contribution in [3.63, 3.8) is 0 Å². The second kappa shape index (κ2) is 8.87. The van der Waals surface area contributed by atoms with Crippen molar-refractivity contribution >= 4 is 0 Å². The van der Waals surface area contributed by atoms with E-state index >= 15 is 0 Å². The molecule has 19 heavy (non-hydrogen) atoms. The van der Waals surface area contributed by atoms with Crippen molar-refractivity contribution < 1.29 is 19.3 Å². The van der Waals surface area contributed by atoms with E-state index in [1.807, 2.05) is 6.92 Å². The molecule has 4 unspecified atom stereocenters. The Bertz CT molecular complexity index is 239. The van der Waals surface area contributed by atoms with E-state index in [1.54, 1.807) is 7.11 Å². The molecule has 0 radical (unpaired) electrons. The highest BCUT2D eigenvalue weighted by Gasteiger charge is 2.27. The van der Waals surface area contributed by atoms with Gasteiger partial charge in [0.15, 0.2) is 0 Å². The lowest BCUT2D eigenvalue weighted by Gasteiger charge is -2.39. The normalized spacial score (nSPS) is 28.3. The van der Waals surface area contributed by atoms with Crippen LogP contribution in [0.1, 0.15) is 27.2 Å². The number of aliphatic hydroxyl groups excluding tert-OH is 1. The minimum Gasteiger partial charge on any atom is -0.389 e. The van der Waals surface area contributed by atoms with E-state index in [0.717, 1.165) is 19.6 Å². The van der Waals surface area contributed by atoms with Crippen LogP contribution in [0.4, 0.5) is 0 Å². The number of β-amino-alcohol motifs (C(OH)–C–C–N with tert-alkyl or cyclic N) is 1. The molecule has 4 atom stereocenters. The fourth-order valence-corrected chi connectivity index (χ4v) is 2.39. The van der Waals surface area contributed by atoms with Crippen LogP contribution in [0.15, 0.2) is 0 Å².